The standard InChI is InChI=1S/C18H32N4/c1-13(2)21(14(3)4)19-17-9-11-18(12-10-17)20-22(15(5)6)16(7)8/h9-16H,1-8H3. The predicted octanol–water partition coefficient (Wildman–Crippen LogP) is 4.06. The van der Waals surface area contributed by atoms with Gasteiger partial charge in [0.25, 0.3) is 0 Å². The van der Waals surface area contributed by atoms with Crippen molar-refractivity contribution in [2.75, 3.05) is 0 Å². The van der Waals surface area contributed by atoms with Crippen LogP contribution in [0.5, 0.6) is 0 Å². The second-order valence-electron chi connectivity index (χ2n) is 6.85. The number of nitrogens with zero attached hydrogens (tertiary/aromatic N) is 4. The third-order valence-electron chi connectivity index (χ3n) is 3.43. The summed E-state index contributed by atoms with van der Waals surface area (Å²) in [6.07, 6.45) is 8.15. The van der Waals surface area contributed by atoms with E-state index in [1.54, 1.807) is 0 Å². The van der Waals surface area contributed by atoms with E-state index in [0.29, 0.717) is 24.2 Å². The molecule has 0 N–H and O–H groups in total. The second-order valence-corrected chi connectivity index (χ2v) is 6.85. The smallest absolute Gasteiger partial charge is 0.0833 e. The lowest BCUT2D eigenvalue weighted by atomic mass is 10.1. The zero-order valence-electron chi connectivity index (χ0n) is 15.4. The fourth-order valence-corrected chi connectivity index (χ4v) is 2.51. The first kappa shape index (κ1) is 18.5. The average molecular weight is 304 g/mol. The molecule has 0 saturated carbocycles. The molecule has 0 aromatic heterocycles. The highest BCUT2D eigenvalue weighted by Gasteiger charge is 2.13. The third kappa shape index (κ3) is 5.32. The van der Waals surface area contributed by atoms with Gasteiger partial charge in [-0.25, -0.2) is 0 Å². The molecule has 0 bridgehead atoms. The largest absolute Gasteiger partial charge is 0.292 e. The van der Waals surface area contributed by atoms with Gasteiger partial charge in [-0.05, 0) is 79.7 Å². The number of rotatable bonds is 6. The molecule has 0 amide bonds. The van der Waals surface area contributed by atoms with Crippen molar-refractivity contribution >= 4 is 11.4 Å². The van der Waals surface area contributed by atoms with Crippen molar-refractivity contribution in [3.8, 4) is 0 Å². The summed E-state index contributed by atoms with van der Waals surface area (Å²) < 4.78 is 0. The highest BCUT2D eigenvalue weighted by atomic mass is 15.5. The van der Waals surface area contributed by atoms with Crippen molar-refractivity contribution in [2.24, 2.45) is 10.2 Å². The quantitative estimate of drug-likeness (QED) is 0.547. The lowest BCUT2D eigenvalue weighted by Gasteiger charge is -2.29. The van der Waals surface area contributed by atoms with Gasteiger partial charge in [0.05, 0.1) is 11.4 Å². The summed E-state index contributed by atoms with van der Waals surface area (Å²) in [5, 5.41) is 13.7. The van der Waals surface area contributed by atoms with E-state index in [1.807, 2.05) is 24.3 Å². The molecule has 0 fully saturated rings. The molecule has 0 atom stereocenters. The van der Waals surface area contributed by atoms with Gasteiger partial charge in [-0.3, -0.25) is 10.0 Å². The topological polar surface area (TPSA) is 31.2 Å². The van der Waals surface area contributed by atoms with Crippen LogP contribution in [0.2, 0.25) is 0 Å². The SMILES string of the molecule is CC(C)N(N=C1C=CC(=NN(C(C)C)C(C)C)C=C1)C(C)C. The van der Waals surface area contributed by atoms with E-state index in [0.717, 1.165) is 11.4 Å². The van der Waals surface area contributed by atoms with E-state index in [-0.39, 0.29) is 0 Å². The van der Waals surface area contributed by atoms with Crippen molar-refractivity contribution in [2.45, 2.75) is 79.6 Å². The second kappa shape index (κ2) is 8.16. The van der Waals surface area contributed by atoms with Gasteiger partial charge in [0.15, 0.2) is 0 Å². The van der Waals surface area contributed by atoms with Gasteiger partial charge in [-0.1, -0.05) is 0 Å². The minimum absolute atomic E-state index is 0.390. The minimum Gasteiger partial charge on any atom is -0.292 e. The minimum atomic E-state index is 0.390. The van der Waals surface area contributed by atoms with E-state index < -0.39 is 0 Å². The first-order chi connectivity index (χ1) is 10.2. The van der Waals surface area contributed by atoms with Crippen molar-refractivity contribution in [3.05, 3.63) is 24.3 Å². The van der Waals surface area contributed by atoms with E-state index in [2.05, 4.69) is 65.4 Å². The normalized spacial score (nSPS) is 14.5. The fourth-order valence-electron chi connectivity index (χ4n) is 2.51. The van der Waals surface area contributed by atoms with Gasteiger partial charge >= 0.3 is 0 Å². The summed E-state index contributed by atoms with van der Waals surface area (Å²) in [5.74, 6) is 0. The van der Waals surface area contributed by atoms with Crippen LogP contribution in [0.25, 0.3) is 0 Å². The van der Waals surface area contributed by atoms with Gasteiger partial charge < -0.3 is 0 Å². The summed E-state index contributed by atoms with van der Waals surface area (Å²) in [6, 6.07) is 1.56. The molecule has 1 rings (SSSR count). The summed E-state index contributed by atoms with van der Waals surface area (Å²) in [4.78, 5) is 0. The van der Waals surface area contributed by atoms with Crippen LogP contribution in [0, 0.1) is 0 Å². The molecule has 0 radical (unpaired) electrons. The summed E-state index contributed by atoms with van der Waals surface area (Å²) in [6.45, 7) is 17.3. The number of hydrogen-bond donors (Lipinski definition) is 0. The van der Waals surface area contributed by atoms with Crippen LogP contribution >= 0.6 is 0 Å². The zero-order valence-corrected chi connectivity index (χ0v) is 15.4. The Bertz CT molecular complexity index is 391. The van der Waals surface area contributed by atoms with E-state index in [9.17, 15) is 0 Å². The van der Waals surface area contributed by atoms with Crippen molar-refractivity contribution in [1.29, 1.82) is 0 Å². The molecule has 0 spiro atoms. The van der Waals surface area contributed by atoms with Crippen molar-refractivity contribution in [3.63, 3.8) is 0 Å². The molecule has 0 heterocycles. The first-order valence-corrected chi connectivity index (χ1v) is 8.32. The maximum absolute atomic E-state index is 4.73. The Kier molecular flexibility index (Phi) is 6.85. The molecule has 0 unspecified atom stereocenters. The molecule has 0 aromatic rings. The summed E-state index contributed by atoms with van der Waals surface area (Å²) in [5.41, 5.74) is 1.95. The molecule has 4 heteroatoms. The predicted molar refractivity (Wildman–Crippen MR) is 97.4 cm³/mol. The molecule has 124 valence electrons. The average Bonchev–Trinajstić information content (AvgIpc) is 2.42. The Morgan fingerprint density at radius 2 is 0.773 bits per heavy atom. The Hall–Kier alpha value is -1.58. The third-order valence-corrected chi connectivity index (χ3v) is 3.43. The van der Waals surface area contributed by atoms with Crippen LogP contribution in [0.15, 0.2) is 34.5 Å². The lowest BCUT2D eigenvalue weighted by molar-refractivity contribution is 0.183. The fraction of sp³-hybridized carbons (Fsp3) is 0.667. The van der Waals surface area contributed by atoms with E-state index in [1.165, 1.54) is 0 Å². The van der Waals surface area contributed by atoms with Crippen LogP contribution in [-0.2, 0) is 0 Å². The van der Waals surface area contributed by atoms with Crippen molar-refractivity contribution < 1.29 is 0 Å². The Balaban J connectivity index is 2.88. The van der Waals surface area contributed by atoms with Gasteiger partial charge in [-0.2, -0.15) is 10.2 Å². The van der Waals surface area contributed by atoms with E-state index in [4.69, 9.17) is 10.2 Å². The van der Waals surface area contributed by atoms with Crippen LogP contribution in [0.3, 0.4) is 0 Å². The summed E-state index contributed by atoms with van der Waals surface area (Å²) >= 11 is 0. The number of hydrazone groups is 2. The zero-order chi connectivity index (χ0) is 16.9. The summed E-state index contributed by atoms with van der Waals surface area (Å²) in [7, 11) is 0. The molecular weight excluding hydrogens is 272 g/mol. The van der Waals surface area contributed by atoms with Crippen LogP contribution in [0.4, 0.5) is 0 Å². The van der Waals surface area contributed by atoms with Gasteiger partial charge in [0, 0.05) is 24.2 Å². The van der Waals surface area contributed by atoms with Crippen LogP contribution < -0.4 is 0 Å². The molecule has 0 saturated heterocycles. The molecular formula is C18H32N4. The molecule has 0 aromatic carbocycles. The molecule has 1 aliphatic carbocycles. The maximum Gasteiger partial charge on any atom is 0.0833 e. The highest BCUT2D eigenvalue weighted by Crippen LogP contribution is 2.10. The van der Waals surface area contributed by atoms with Gasteiger partial charge in [0.1, 0.15) is 0 Å². The maximum atomic E-state index is 4.73. The van der Waals surface area contributed by atoms with Crippen LogP contribution in [-0.4, -0.2) is 45.6 Å². The van der Waals surface area contributed by atoms with Crippen LogP contribution in [0.1, 0.15) is 55.4 Å². The molecule has 1 aliphatic rings. The number of hydrogen-bond acceptors (Lipinski definition) is 4. The first-order valence-electron chi connectivity index (χ1n) is 8.32. The van der Waals surface area contributed by atoms with Gasteiger partial charge in [-0.15, -0.1) is 0 Å². The number of allylic oxidation sites excluding steroid dienone is 4. The highest BCUT2D eigenvalue weighted by molar-refractivity contribution is 6.18. The Labute approximate surface area is 136 Å². The Morgan fingerprint density at radius 1 is 0.545 bits per heavy atom. The van der Waals surface area contributed by atoms with Crippen molar-refractivity contribution in [1.82, 2.24) is 10.0 Å². The van der Waals surface area contributed by atoms with Gasteiger partial charge in [0.2, 0.25) is 0 Å². The molecule has 4 nitrogen and oxygen atoms in total. The monoisotopic (exact) mass is 304 g/mol. The Morgan fingerprint density at radius 3 is 0.955 bits per heavy atom. The lowest BCUT2D eigenvalue weighted by Crippen LogP contribution is -2.33. The molecule has 22 heavy (non-hydrogen) atoms. The van der Waals surface area contributed by atoms with E-state index >= 15 is 0 Å². The molecule has 0 aliphatic heterocycles.